The van der Waals surface area contributed by atoms with E-state index in [0.717, 1.165) is 21.4 Å². The summed E-state index contributed by atoms with van der Waals surface area (Å²) in [5.41, 5.74) is 9.03. The number of nitrogens with zero attached hydrogens (tertiary/aromatic N) is 2. The second-order valence-corrected chi connectivity index (χ2v) is 8.85. The molecule has 3 aromatic rings. The van der Waals surface area contributed by atoms with Crippen LogP contribution in [-0.2, 0) is 23.1 Å². The Morgan fingerprint density at radius 1 is 1.31 bits per heavy atom. The highest BCUT2D eigenvalue weighted by Crippen LogP contribution is 2.29. The standard InChI is InChI=1S/C17H22BrN5O2S/c1-11-8-12(2)23(22-11)7-3-6-20-26(24,25)17-14-9-13(18)4-5-15(14)21-16(17)10-19/h4-5,8-9,20-21H,3,6-7,10,19H2,1-2H3. The van der Waals surface area contributed by atoms with E-state index in [1.54, 1.807) is 6.07 Å². The molecule has 0 saturated heterocycles. The summed E-state index contributed by atoms with van der Waals surface area (Å²) in [6.45, 7) is 5.03. The van der Waals surface area contributed by atoms with Gasteiger partial charge in [0.25, 0.3) is 0 Å². The minimum absolute atomic E-state index is 0.119. The minimum Gasteiger partial charge on any atom is -0.356 e. The molecule has 9 heteroatoms. The van der Waals surface area contributed by atoms with Crippen LogP contribution in [0.3, 0.4) is 0 Å². The Kier molecular flexibility index (Phi) is 5.52. The quantitative estimate of drug-likeness (QED) is 0.491. The van der Waals surface area contributed by atoms with Gasteiger partial charge in [-0.15, -0.1) is 0 Å². The van der Waals surface area contributed by atoms with Gasteiger partial charge in [-0.25, -0.2) is 13.1 Å². The van der Waals surface area contributed by atoms with Crippen LogP contribution in [0.1, 0.15) is 23.5 Å². The van der Waals surface area contributed by atoms with Crippen molar-refractivity contribution in [1.29, 1.82) is 0 Å². The average molecular weight is 440 g/mol. The van der Waals surface area contributed by atoms with Gasteiger partial charge in [0.15, 0.2) is 0 Å². The number of hydrogen-bond donors (Lipinski definition) is 3. The summed E-state index contributed by atoms with van der Waals surface area (Å²) in [4.78, 5) is 3.32. The maximum absolute atomic E-state index is 12.9. The third kappa shape index (κ3) is 3.85. The number of aromatic nitrogens is 3. The fourth-order valence-electron chi connectivity index (χ4n) is 3.05. The molecule has 0 atom stereocenters. The summed E-state index contributed by atoms with van der Waals surface area (Å²) in [7, 11) is -3.67. The highest BCUT2D eigenvalue weighted by atomic mass is 79.9. The average Bonchev–Trinajstić information content (AvgIpc) is 3.10. The van der Waals surface area contributed by atoms with Crippen LogP contribution in [0, 0.1) is 13.8 Å². The summed E-state index contributed by atoms with van der Waals surface area (Å²) in [5.74, 6) is 0. The summed E-state index contributed by atoms with van der Waals surface area (Å²) in [5, 5.41) is 5.02. The number of nitrogens with one attached hydrogen (secondary N) is 2. The molecule has 0 radical (unpaired) electrons. The van der Waals surface area contributed by atoms with Gasteiger partial charge < -0.3 is 10.7 Å². The molecular formula is C17H22BrN5O2S. The molecule has 26 heavy (non-hydrogen) atoms. The van der Waals surface area contributed by atoms with Gasteiger partial charge in [-0.2, -0.15) is 5.10 Å². The highest BCUT2D eigenvalue weighted by Gasteiger charge is 2.23. The number of fused-ring (bicyclic) bond motifs is 1. The van der Waals surface area contributed by atoms with Crippen molar-refractivity contribution in [2.45, 2.75) is 38.3 Å². The zero-order valence-corrected chi connectivity index (χ0v) is 17.1. The molecule has 0 amide bonds. The zero-order chi connectivity index (χ0) is 18.9. The molecule has 7 nitrogen and oxygen atoms in total. The van der Waals surface area contributed by atoms with E-state index in [1.165, 1.54) is 0 Å². The Hall–Kier alpha value is -1.68. The van der Waals surface area contributed by atoms with Crippen LogP contribution in [0.5, 0.6) is 0 Å². The lowest BCUT2D eigenvalue weighted by Gasteiger charge is -2.09. The fourth-order valence-corrected chi connectivity index (χ4v) is 4.89. The topological polar surface area (TPSA) is 106 Å². The summed E-state index contributed by atoms with van der Waals surface area (Å²) >= 11 is 3.39. The normalized spacial score (nSPS) is 12.2. The molecule has 0 aliphatic heterocycles. The van der Waals surface area contributed by atoms with Crippen LogP contribution in [0.4, 0.5) is 0 Å². The van der Waals surface area contributed by atoms with Crippen molar-refractivity contribution >= 4 is 36.9 Å². The number of nitrogens with two attached hydrogens (primary N) is 1. The van der Waals surface area contributed by atoms with E-state index in [4.69, 9.17) is 5.73 Å². The molecule has 140 valence electrons. The Balaban J connectivity index is 1.77. The second-order valence-electron chi connectivity index (χ2n) is 6.23. The predicted octanol–water partition coefficient (Wildman–Crippen LogP) is 2.57. The van der Waals surface area contributed by atoms with E-state index < -0.39 is 10.0 Å². The van der Waals surface area contributed by atoms with Crippen molar-refractivity contribution in [3.05, 3.63) is 45.8 Å². The Bertz CT molecular complexity index is 1040. The molecule has 0 bridgehead atoms. The molecule has 3 rings (SSSR count). The molecule has 0 aliphatic carbocycles. The molecule has 0 spiro atoms. The lowest BCUT2D eigenvalue weighted by Crippen LogP contribution is -2.27. The SMILES string of the molecule is Cc1cc(C)n(CCCNS(=O)(=O)c2c(CN)[nH]c3ccc(Br)cc23)n1. The number of aromatic amines is 1. The Morgan fingerprint density at radius 2 is 2.08 bits per heavy atom. The van der Waals surface area contributed by atoms with Crippen LogP contribution in [0.15, 0.2) is 33.6 Å². The molecule has 4 N–H and O–H groups in total. The van der Waals surface area contributed by atoms with E-state index in [0.29, 0.717) is 30.6 Å². The van der Waals surface area contributed by atoms with Gasteiger partial charge in [0, 0.05) is 46.4 Å². The zero-order valence-electron chi connectivity index (χ0n) is 14.7. The molecule has 1 aromatic carbocycles. The third-order valence-electron chi connectivity index (χ3n) is 4.20. The smallest absolute Gasteiger partial charge is 0.243 e. The van der Waals surface area contributed by atoms with Gasteiger partial charge in [0.1, 0.15) is 4.90 Å². The molecule has 0 fully saturated rings. The van der Waals surface area contributed by atoms with Gasteiger partial charge in [-0.1, -0.05) is 15.9 Å². The molecule has 0 saturated carbocycles. The first-order chi connectivity index (χ1) is 12.3. The second kappa shape index (κ2) is 7.51. The summed E-state index contributed by atoms with van der Waals surface area (Å²) in [6, 6.07) is 7.48. The van der Waals surface area contributed by atoms with Crippen LogP contribution in [0.25, 0.3) is 10.9 Å². The molecule has 2 aromatic heterocycles. The van der Waals surface area contributed by atoms with Crippen LogP contribution in [0.2, 0.25) is 0 Å². The number of halogens is 1. The van der Waals surface area contributed by atoms with Gasteiger partial charge in [-0.3, -0.25) is 4.68 Å². The molecule has 0 aliphatic rings. The van der Waals surface area contributed by atoms with E-state index in [9.17, 15) is 8.42 Å². The first-order valence-electron chi connectivity index (χ1n) is 8.32. The van der Waals surface area contributed by atoms with Crippen molar-refractivity contribution in [2.75, 3.05) is 6.54 Å². The fraction of sp³-hybridized carbons (Fsp3) is 0.353. The van der Waals surface area contributed by atoms with Crippen molar-refractivity contribution in [3.63, 3.8) is 0 Å². The Labute approximate surface area is 161 Å². The van der Waals surface area contributed by atoms with E-state index in [-0.39, 0.29) is 11.4 Å². The molecular weight excluding hydrogens is 418 g/mol. The maximum Gasteiger partial charge on any atom is 0.243 e. The van der Waals surface area contributed by atoms with Crippen molar-refractivity contribution < 1.29 is 8.42 Å². The van der Waals surface area contributed by atoms with Gasteiger partial charge >= 0.3 is 0 Å². The molecule has 2 heterocycles. The number of H-pyrrole nitrogens is 1. The largest absolute Gasteiger partial charge is 0.356 e. The van der Waals surface area contributed by atoms with Crippen molar-refractivity contribution in [3.8, 4) is 0 Å². The lowest BCUT2D eigenvalue weighted by atomic mass is 10.2. The van der Waals surface area contributed by atoms with Gasteiger partial charge in [0.05, 0.1) is 5.69 Å². The van der Waals surface area contributed by atoms with Gasteiger partial charge in [0.2, 0.25) is 10.0 Å². The summed E-state index contributed by atoms with van der Waals surface area (Å²) in [6.07, 6.45) is 0.644. The number of benzene rings is 1. The van der Waals surface area contributed by atoms with Crippen LogP contribution < -0.4 is 10.5 Å². The van der Waals surface area contributed by atoms with Crippen molar-refractivity contribution in [1.82, 2.24) is 19.5 Å². The number of rotatable bonds is 7. The third-order valence-corrected chi connectivity index (χ3v) is 6.28. The number of aryl methyl sites for hydroxylation is 3. The van der Waals surface area contributed by atoms with E-state index in [1.807, 2.05) is 36.7 Å². The maximum atomic E-state index is 12.9. The van der Waals surface area contributed by atoms with E-state index >= 15 is 0 Å². The van der Waals surface area contributed by atoms with Crippen LogP contribution >= 0.6 is 15.9 Å². The molecule has 0 unspecified atom stereocenters. The van der Waals surface area contributed by atoms with Gasteiger partial charge in [-0.05, 0) is 44.5 Å². The number of sulfonamides is 1. The minimum atomic E-state index is -3.67. The Morgan fingerprint density at radius 3 is 2.73 bits per heavy atom. The summed E-state index contributed by atoms with van der Waals surface area (Å²) < 4.78 is 31.1. The highest BCUT2D eigenvalue weighted by molar-refractivity contribution is 9.10. The number of hydrogen-bond acceptors (Lipinski definition) is 4. The lowest BCUT2D eigenvalue weighted by molar-refractivity contribution is 0.544. The van der Waals surface area contributed by atoms with Crippen molar-refractivity contribution in [2.24, 2.45) is 5.73 Å². The monoisotopic (exact) mass is 439 g/mol. The van der Waals surface area contributed by atoms with E-state index in [2.05, 4.69) is 30.7 Å². The van der Waals surface area contributed by atoms with Crippen LogP contribution in [-0.4, -0.2) is 29.7 Å². The first kappa shape index (κ1) is 19.1. The predicted molar refractivity (Wildman–Crippen MR) is 105 cm³/mol. The first-order valence-corrected chi connectivity index (χ1v) is 10.6.